The van der Waals surface area contributed by atoms with Crippen LogP contribution >= 0.6 is 0 Å². The molecule has 166 valence electrons. The number of rotatable bonds is 7. The Morgan fingerprint density at radius 2 is 1.44 bits per heavy atom. The first kappa shape index (κ1) is 22.6. The van der Waals surface area contributed by atoms with Crippen molar-refractivity contribution in [3.05, 3.63) is 78.4 Å². The number of ether oxygens (including phenoxy) is 2. The fourth-order valence-corrected chi connectivity index (χ4v) is 3.64. The lowest BCUT2D eigenvalue weighted by Gasteiger charge is -2.13. The van der Waals surface area contributed by atoms with Crippen LogP contribution in [-0.4, -0.2) is 34.6 Å². The van der Waals surface area contributed by atoms with Gasteiger partial charge in [-0.05, 0) is 54.6 Å². The SMILES string of the molecule is COC(=O)c1cc(NC(=O)Nc2ccc(OC)cc2)ccc1OS(=O)(=O)c1ccccc1. The van der Waals surface area contributed by atoms with Gasteiger partial charge in [0.05, 0.1) is 14.2 Å². The lowest BCUT2D eigenvalue weighted by Crippen LogP contribution is -2.20. The van der Waals surface area contributed by atoms with E-state index in [0.717, 1.165) is 7.11 Å². The molecule has 0 saturated heterocycles. The van der Waals surface area contributed by atoms with Crippen LogP contribution in [0, 0.1) is 0 Å². The molecule has 0 bridgehead atoms. The van der Waals surface area contributed by atoms with E-state index in [1.54, 1.807) is 42.5 Å². The predicted molar refractivity (Wildman–Crippen MR) is 118 cm³/mol. The molecule has 0 aliphatic rings. The van der Waals surface area contributed by atoms with E-state index in [9.17, 15) is 18.0 Å². The van der Waals surface area contributed by atoms with Crippen molar-refractivity contribution < 1.29 is 31.7 Å². The number of urea groups is 1. The Kier molecular flexibility index (Phi) is 6.96. The van der Waals surface area contributed by atoms with Crippen LogP contribution in [0.2, 0.25) is 0 Å². The molecule has 2 amide bonds. The molecule has 3 aromatic rings. The van der Waals surface area contributed by atoms with E-state index in [1.165, 1.54) is 37.4 Å². The van der Waals surface area contributed by atoms with Crippen molar-refractivity contribution in [2.24, 2.45) is 0 Å². The van der Waals surface area contributed by atoms with E-state index in [4.69, 9.17) is 13.7 Å². The fraction of sp³-hybridized carbons (Fsp3) is 0.0909. The summed E-state index contributed by atoms with van der Waals surface area (Å²) < 4.78 is 40.0. The van der Waals surface area contributed by atoms with Gasteiger partial charge in [0.15, 0.2) is 5.75 Å². The van der Waals surface area contributed by atoms with Gasteiger partial charge in [0.1, 0.15) is 16.2 Å². The van der Waals surface area contributed by atoms with Crippen LogP contribution in [-0.2, 0) is 14.9 Å². The second kappa shape index (κ2) is 9.84. The number of hydrogen-bond donors (Lipinski definition) is 2. The minimum Gasteiger partial charge on any atom is -0.497 e. The fourth-order valence-electron chi connectivity index (χ4n) is 2.67. The normalized spacial score (nSPS) is 10.7. The van der Waals surface area contributed by atoms with Gasteiger partial charge in [-0.25, -0.2) is 9.59 Å². The highest BCUT2D eigenvalue weighted by Crippen LogP contribution is 2.27. The third-order valence-corrected chi connectivity index (χ3v) is 5.47. The van der Waals surface area contributed by atoms with Crippen LogP contribution in [0.4, 0.5) is 16.2 Å². The number of anilines is 2. The van der Waals surface area contributed by atoms with Gasteiger partial charge >= 0.3 is 22.1 Å². The Balaban J connectivity index is 1.80. The van der Waals surface area contributed by atoms with Crippen molar-refractivity contribution >= 4 is 33.5 Å². The zero-order chi connectivity index (χ0) is 23.1. The van der Waals surface area contributed by atoms with Gasteiger partial charge in [0, 0.05) is 11.4 Å². The van der Waals surface area contributed by atoms with Crippen LogP contribution in [0.25, 0.3) is 0 Å². The lowest BCUT2D eigenvalue weighted by atomic mass is 10.2. The highest BCUT2D eigenvalue weighted by molar-refractivity contribution is 7.87. The lowest BCUT2D eigenvalue weighted by molar-refractivity contribution is 0.0599. The molecule has 0 radical (unpaired) electrons. The molecule has 0 unspecified atom stereocenters. The monoisotopic (exact) mass is 456 g/mol. The number of amides is 2. The molecule has 3 aromatic carbocycles. The van der Waals surface area contributed by atoms with E-state index >= 15 is 0 Å². The Labute approximate surface area is 185 Å². The summed E-state index contributed by atoms with van der Waals surface area (Å²) in [6.07, 6.45) is 0. The average Bonchev–Trinajstić information content (AvgIpc) is 2.80. The summed E-state index contributed by atoms with van der Waals surface area (Å²) in [5.74, 6) is -0.427. The van der Waals surface area contributed by atoms with Gasteiger partial charge in [0.2, 0.25) is 0 Å². The predicted octanol–water partition coefficient (Wildman–Crippen LogP) is 3.89. The van der Waals surface area contributed by atoms with Crippen LogP contribution in [0.3, 0.4) is 0 Å². The van der Waals surface area contributed by atoms with Crippen LogP contribution < -0.4 is 19.6 Å². The molecule has 0 aliphatic carbocycles. The quantitative estimate of drug-likeness (QED) is 0.409. The molecule has 0 aromatic heterocycles. The zero-order valence-corrected chi connectivity index (χ0v) is 18.0. The third-order valence-electron chi connectivity index (χ3n) is 4.22. The molecule has 9 nitrogen and oxygen atoms in total. The van der Waals surface area contributed by atoms with E-state index in [0.29, 0.717) is 11.4 Å². The maximum atomic E-state index is 12.5. The van der Waals surface area contributed by atoms with Gasteiger partial charge in [-0.3, -0.25) is 0 Å². The smallest absolute Gasteiger partial charge is 0.341 e. The molecule has 0 heterocycles. The standard InChI is InChI=1S/C22H20N2O7S/c1-29-17-11-8-15(9-12-17)23-22(26)24-16-10-13-20(19(14-16)21(25)30-2)31-32(27,28)18-6-4-3-5-7-18/h3-14H,1-2H3,(H2,23,24,26). The molecule has 0 saturated carbocycles. The molecule has 32 heavy (non-hydrogen) atoms. The number of nitrogens with one attached hydrogen (secondary N) is 2. The maximum Gasteiger partial charge on any atom is 0.341 e. The second-order valence-corrected chi connectivity index (χ2v) is 7.91. The average molecular weight is 456 g/mol. The number of carbonyl (C=O) groups excluding carboxylic acids is 2. The third kappa shape index (κ3) is 5.55. The first-order valence-electron chi connectivity index (χ1n) is 9.26. The minimum atomic E-state index is -4.18. The minimum absolute atomic E-state index is 0.0723. The first-order valence-corrected chi connectivity index (χ1v) is 10.7. The molecule has 0 atom stereocenters. The van der Waals surface area contributed by atoms with Gasteiger partial charge in [0.25, 0.3) is 0 Å². The topological polar surface area (TPSA) is 120 Å². The first-order chi connectivity index (χ1) is 15.3. The largest absolute Gasteiger partial charge is 0.497 e. The highest BCUT2D eigenvalue weighted by atomic mass is 32.2. The molecular formula is C22H20N2O7S. The van der Waals surface area contributed by atoms with E-state index in [-0.39, 0.29) is 21.9 Å². The van der Waals surface area contributed by atoms with Crippen molar-refractivity contribution in [1.29, 1.82) is 0 Å². The van der Waals surface area contributed by atoms with E-state index in [1.807, 2.05) is 0 Å². The number of benzene rings is 3. The van der Waals surface area contributed by atoms with Crippen LogP contribution in [0.1, 0.15) is 10.4 Å². The summed E-state index contributed by atoms with van der Waals surface area (Å²) in [5.41, 5.74) is 0.570. The molecule has 3 rings (SSSR count). The molecule has 10 heteroatoms. The van der Waals surface area contributed by atoms with Gasteiger partial charge in [-0.1, -0.05) is 18.2 Å². The Morgan fingerprint density at radius 1 is 0.812 bits per heavy atom. The van der Waals surface area contributed by atoms with Crippen molar-refractivity contribution in [2.45, 2.75) is 4.90 Å². The van der Waals surface area contributed by atoms with Crippen LogP contribution in [0.5, 0.6) is 11.5 Å². The summed E-state index contributed by atoms with van der Waals surface area (Å²) in [7, 11) is -1.50. The highest BCUT2D eigenvalue weighted by Gasteiger charge is 2.22. The summed E-state index contributed by atoms with van der Waals surface area (Å²) in [6, 6.07) is 17.5. The van der Waals surface area contributed by atoms with Gasteiger partial charge < -0.3 is 24.3 Å². The number of hydrogen-bond acceptors (Lipinski definition) is 7. The molecule has 2 N–H and O–H groups in total. The molecule has 0 spiro atoms. The van der Waals surface area contributed by atoms with Crippen molar-refractivity contribution in [2.75, 3.05) is 24.9 Å². The van der Waals surface area contributed by atoms with E-state index < -0.39 is 22.1 Å². The molecule has 0 aliphatic heterocycles. The molecular weight excluding hydrogens is 436 g/mol. The van der Waals surface area contributed by atoms with Crippen molar-refractivity contribution in [1.82, 2.24) is 0 Å². The van der Waals surface area contributed by atoms with Gasteiger partial charge in [-0.15, -0.1) is 0 Å². The summed E-state index contributed by atoms with van der Waals surface area (Å²) in [4.78, 5) is 24.4. The number of carbonyl (C=O) groups is 2. The summed E-state index contributed by atoms with van der Waals surface area (Å²) in [5, 5.41) is 5.20. The van der Waals surface area contributed by atoms with Crippen LogP contribution in [0.15, 0.2) is 77.7 Å². The Hall–Kier alpha value is -4.05. The summed E-state index contributed by atoms with van der Waals surface area (Å²) in [6.45, 7) is 0. The van der Waals surface area contributed by atoms with Crippen molar-refractivity contribution in [3.8, 4) is 11.5 Å². The number of esters is 1. The second-order valence-electron chi connectivity index (χ2n) is 6.36. The number of methoxy groups -OCH3 is 2. The molecule has 0 fully saturated rings. The zero-order valence-electron chi connectivity index (χ0n) is 17.2. The van der Waals surface area contributed by atoms with Gasteiger partial charge in [-0.2, -0.15) is 8.42 Å². The van der Waals surface area contributed by atoms with E-state index in [2.05, 4.69) is 10.6 Å². The summed E-state index contributed by atoms with van der Waals surface area (Å²) >= 11 is 0. The Bertz CT molecular complexity index is 1210. The van der Waals surface area contributed by atoms with Crippen molar-refractivity contribution in [3.63, 3.8) is 0 Å². The Morgan fingerprint density at radius 3 is 2.06 bits per heavy atom. The maximum absolute atomic E-state index is 12.5.